The number of hydrogen-bond acceptors (Lipinski definition) is 6. The van der Waals surface area contributed by atoms with E-state index in [0.29, 0.717) is 18.2 Å². The lowest BCUT2D eigenvalue weighted by atomic mass is 10.2. The van der Waals surface area contributed by atoms with Crippen molar-refractivity contribution in [3.8, 4) is 11.6 Å². The second-order valence-corrected chi connectivity index (χ2v) is 8.42. The van der Waals surface area contributed by atoms with E-state index in [1.54, 1.807) is 37.6 Å². The number of rotatable bonds is 5. The summed E-state index contributed by atoms with van der Waals surface area (Å²) in [6.45, 7) is 7.33. The van der Waals surface area contributed by atoms with Crippen LogP contribution in [0.1, 0.15) is 32.0 Å². The summed E-state index contributed by atoms with van der Waals surface area (Å²) < 4.78 is 12.8. The summed E-state index contributed by atoms with van der Waals surface area (Å²) in [4.78, 5) is 32.1. The number of benzene rings is 1. The molecule has 0 bridgehead atoms. The zero-order valence-corrected chi connectivity index (χ0v) is 19.1. The first-order chi connectivity index (χ1) is 15.5. The number of aromatic nitrogens is 2. The number of aliphatic imine (C=N–C) groups is 1. The molecule has 10 heteroatoms. The molecule has 2 aromatic heterocycles. The average molecular weight is 453 g/mol. The molecule has 0 spiro atoms. The number of nitrogens with two attached hydrogens (primary N) is 2. The lowest BCUT2D eigenvalue weighted by Gasteiger charge is -2.17. The first-order valence-corrected chi connectivity index (χ1v) is 10.3. The molecule has 5 N–H and O–H groups in total. The third kappa shape index (κ3) is 6.53. The Hall–Kier alpha value is -3.92. The Balaban J connectivity index is 1.73. The van der Waals surface area contributed by atoms with Crippen LogP contribution in [0.3, 0.4) is 0 Å². The van der Waals surface area contributed by atoms with Crippen LogP contribution in [-0.4, -0.2) is 33.1 Å². The van der Waals surface area contributed by atoms with Gasteiger partial charge in [0.25, 0.3) is 0 Å². The van der Waals surface area contributed by atoms with Crippen molar-refractivity contribution in [2.24, 2.45) is 16.5 Å². The number of nitrogens with one attached hydrogen (secondary N) is 1. The van der Waals surface area contributed by atoms with Crippen molar-refractivity contribution in [2.45, 2.75) is 46.4 Å². The summed E-state index contributed by atoms with van der Waals surface area (Å²) in [5.74, 6) is 0.255. The molecule has 2 heterocycles. The van der Waals surface area contributed by atoms with Gasteiger partial charge in [-0.1, -0.05) is 6.07 Å². The number of ether oxygens (including phenoxy) is 2. The highest BCUT2D eigenvalue weighted by Gasteiger charge is 2.17. The van der Waals surface area contributed by atoms with Crippen LogP contribution in [0.25, 0.3) is 10.9 Å². The van der Waals surface area contributed by atoms with Gasteiger partial charge in [0.1, 0.15) is 17.9 Å². The Bertz CT molecular complexity index is 1210. The van der Waals surface area contributed by atoms with Crippen molar-refractivity contribution in [1.29, 1.82) is 0 Å². The molecule has 1 aromatic carbocycles. The molecule has 10 nitrogen and oxygen atoms in total. The molecule has 0 aliphatic rings. The number of guanidine groups is 1. The van der Waals surface area contributed by atoms with Crippen LogP contribution in [0, 0.1) is 6.92 Å². The molecule has 0 saturated heterocycles. The van der Waals surface area contributed by atoms with Crippen molar-refractivity contribution < 1.29 is 19.1 Å². The fourth-order valence-corrected chi connectivity index (χ4v) is 3.16. The maximum Gasteiger partial charge on any atom is 0.437 e. The molecule has 0 saturated carbocycles. The Morgan fingerprint density at radius 3 is 2.67 bits per heavy atom. The second-order valence-electron chi connectivity index (χ2n) is 8.42. The minimum Gasteiger partial charge on any atom is -0.442 e. The van der Waals surface area contributed by atoms with Gasteiger partial charge in [0.2, 0.25) is 17.7 Å². The normalized spacial score (nSPS) is 12.0. The van der Waals surface area contributed by atoms with Gasteiger partial charge in [-0.3, -0.25) is 10.1 Å². The quantitative estimate of drug-likeness (QED) is 0.398. The molecule has 33 heavy (non-hydrogen) atoms. The second kappa shape index (κ2) is 9.70. The summed E-state index contributed by atoms with van der Waals surface area (Å²) in [5, 5.41) is 3.19. The minimum atomic E-state index is -0.879. The first kappa shape index (κ1) is 23.7. The summed E-state index contributed by atoms with van der Waals surface area (Å²) in [7, 11) is 0. The molecule has 2 amide bonds. The Morgan fingerprint density at radius 2 is 1.97 bits per heavy atom. The van der Waals surface area contributed by atoms with Crippen LogP contribution in [0.2, 0.25) is 0 Å². The Labute approximate surface area is 191 Å². The van der Waals surface area contributed by atoms with Gasteiger partial charge in [0.15, 0.2) is 0 Å². The standard InChI is InChI=1S/C23H28N6O4/c1-14-10-15(12-24)11-20(26-14)32-18-7-5-6-17-16(18)8-9-29(17)13-19(30)27-21(25)28-22(31)33-23(2,3)4/h5-11H,12-13,24H2,1-4H3,(H3,25,27,28,30,31). The third-order valence-electron chi connectivity index (χ3n) is 4.40. The van der Waals surface area contributed by atoms with Gasteiger partial charge < -0.3 is 25.5 Å². The van der Waals surface area contributed by atoms with Crippen LogP contribution in [0.5, 0.6) is 11.6 Å². The van der Waals surface area contributed by atoms with Crippen molar-refractivity contribution >= 4 is 28.9 Å². The molecule has 0 radical (unpaired) electrons. The number of aryl methyl sites for hydroxylation is 1. The fourth-order valence-electron chi connectivity index (χ4n) is 3.16. The van der Waals surface area contributed by atoms with E-state index in [4.69, 9.17) is 20.9 Å². The van der Waals surface area contributed by atoms with E-state index in [0.717, 1.165) is 22.2 Å². The largest absolute Gasteiger partial charge is 0.442 e. The van der Waals surface area contributed by atoms with Crippen molar-refractivity contribution in [3.63, 3.8) is 0 Å². The molecule has 3 rings (SSSR count). The third-order valence-corrected chi connectivity index (χ3v) is 4.40. The first-order valence-electron chi connectivity index (χ1n) is 10.3. The molecule has 3 aromatic rings. The lowest BCUT2D eigenvalue weighted by molar-refractivity contribution is -0.120. The molecular formula is C23H28N6O4. The maximum absolute atomic E-state index is 12.4. The minimum absolute atomic E-state index is 0.0441. The van der Waals surface area contributed by atoms with Crippen LogP contribution >= 0.6 is 0 Å². The van der Waals surface area contributed by atoms with E-state index in [1.807, 2.05) is 37.3 Å². The van der Waals surface area contributed by atoms with Gasteiger partial charge >= 0.3 is 6.09 Å². The number of pyridine rings is 1. The summed E-state index contributed by atoms with van der Waals surface area (Å²) in [6.07, 6.45) is 0.879. The number of nitrogens with zero attached hydrogens (tertiary/aromatic N) is 3. The maximum atomic E-state index is 12.4. The zero-order valence-electron chi connectivity index (χ0n) is 19.1. The van der Waals surface area contributed by atoms with E-state index in [1.165, 1.54) is 0 Å². The molecule has 0 aliphatic heterocycles. The molecule has 0 fully saturated rings. The average Bonchev–Trinajstić information content (AvgIpc) is 3.09. The summed E-state index contributed by atoms with van der Waals surface area (Å²) >= 11 is 0. The highest BCUT2D eigenvalue weighted by molar-refractivity contribution is 6.00. The SMILES string of the molecule is Cc1cc(CN)cc(Oc2cccc3c2ccn3CC(=O)NC(N)=NC(=O)OC(C)(C)C)n1. The molecular weight excluding hydrogens is 424 g/mol. The predicted molar refractivity (Wildman–Crippen MR) is 125 cm³/mol. The molecule has 0 unspecified atom stereocenters. The Morgan fingerprint density at radius 1 is 1.21 bits per heavy atom. The van der Waals surface area contributed by atoms with Crippen LogP contribution in [0.4, 0.5) is 4.79 Å². The van der Waals surface area contributed by atoms with Gasteiger partial charge in [-0.15, -0.1) is 4.99 Å². The van der Waals surface area contributed by atoms with Gasteiger partial charge in [0, 0.05) is 29.9 Å². The topological polar surface area (TPSA) is 147 Å². The van der Waals surface area contributed by atoms with E-state index in [2.05, 4.69) is 15.3 Å². The van der Waals surface area contributed by atoms with Crippen molar-refractivity contribution in [2.75, 3.05) is 0 Å². The zero-order chi connectivity index (χ0) is 24.2. The van der Waals surface area contributed by atoms with E-state index >= 15 is 0 Å². The van der Waals surface area contributed by atoms with E-state index in [9.17, 15) is 9.59 Å². The number of hydrogen-bond donors (Lipinski definition) is 3. The van der Waals surface area contributed by atoms with Gasteiger partial charge in [0.05, 0.1) is 5.52 Å². The van der Waals surface area contributed by atoms with Crippen molar-refractivity contribution in [3.05, 3.63) is 53.9 Å². The highest BCUT2D eigenvalue weighted by atomic mass is 16.6. The number of amides is 2. The number of carbonyl (C=O) groups excluding carboxylic acids is 2. The lowest BCUT2D eigenvalue weighted by Crippen LogP contribution is -2.39. The van der Waals surface area contributed by atoms with E-state index in [-0.39, 0.29) is 12.5 Å². The van der Waals surface area contributed by atoms with Gasteiger partial charge in [-0.2, -0.15) is 0 Å². The molecule has 174 valence electrons. The van der Waals surface area contributed by atoms with Crippen LogP contribution < -0.4 is 21.5 Å². The highest BCUT2D eigenvalue weighted by Crippen LogP contribution is 2.30. The van der Waals surface area contributed by atoms with Crippen LogP contribution in [-0.2, 0) is 22.6 Å². The number of fused-ring (bicyclic) bond motifs is 1. The molecule has 0 aliphatic carbocycles. The summed E-state index contributed by atoms with van der Waals surface area (Å²) in [6, 6.07) is 11.1. The Kier molecular flexibility index (Phi) is 6.98. The fraction of sp³-hybridized carbons (Fsp3) is 0.304. The van der Waals surface area contributed by atoms with Crippen molar-refractivity contribution in [1.82, 2.24) is 14.9 Å². The predicted octanol–water partition coefficient (Wildman–Crippen LogP) is 2.96. The summed E-state index contributed by atoms with van der Waals surface area (Å²) in [5.41, 5.74) is 13.2. The smallest absolute Gasteiger partial charge is 0.437 e. The van der Waals surface area contributed by atoms with Gasteiger partial charge in [-0.05, 0) is 57.5 Å². The number of carbonyl (C=O) groups is 2. The van der Waals surface area contributed by atoms with Gasteiger partial charge in [-0.25, -0.2) is 9.78 Å². The van der Waals surface area contributed by atoms with E-state index < -0.39 is 17.6 Å². The monoisotopic (exact) mass is 452 g/mol. The van der Waals surface area contributed by atoms with Crippen LogP contribution in [0.15, 0.2) is 47.6 Å². The molecule has 0 atom stereocenters.